The Bertz CT molecular complexity index is 566. The summed E-state index contributed by atoms with van der Waals surface area (Å²) in [6.07, 6.45) is 2.60. The van der Waals surface area contributed by atoms with Gasteiger partial charge in [-0.25, -0.2) is 4.79 Å². The van der Waals surface area contributed by atoms with E-state index in [2.05, 4.69) is 10.5 Å². The van der Waals surface area contributed by atoms with Crippen molar-refractivity contribution in [1.29, 1.82) is 0 Å². The summed E-state index contributed by atoms with van der Waals surface area (Å²) in [7, 11) is 1.59. The van der Waals surface area contributed by atoms with Crippen molar-refractivity contribution in [3.8, 4) is 5.75 Å². The average Bonchev–Trinajstić information content (AvgIpc) is 3.36. The molecule has 0 spiro atoms. The van der Waals surface area contributed by atoms with Gasteiger partial charge in [0, 0.05) is 6.04 Å². The topological polar surface area (TPSA) is 86.2 Å². The molecule has 1 aliphatic carbocycles. The third-order valence-electron chi connectivity index (χ3n) is 3.18. The van der Waals surface area contributed by atoms with E-state index in [1.54, 1.807) is 31.4 Å². The van der Waals surface area contributed by atoms with Gasteiger partial charge in [0.1, 0.15) is 5.75 Å². The second kappa shape index (κ2) is 8.17. The first kappa shape index (κ1) is 16.8. The van der Waals surface area contributed by atoms with Crippen molar-refractivity contribution in [3.63, 3.8) is 0 Å². The lowest BCUT2D eigenvalue weighted by molar-refractivity contribution is -0.159. The second-order valence-corrected chi connectivity index (χ2v) is 5.20. The maximum absolute atomic E-state index is 11.6. The van der Waals surface area contributed by atoms with Crippen LogP contribution in [0.15, 0.2) is 29.4 Å². The van der Waals surface area contributed by atoms with Crippen LogP contribution in [0.3, 0.4) is 0 Å². The van der Waals surface area contributed by atoms with Crippen molar-refractivity contribution in [1.82, 2.24) is 5.32 Å². The number of carbonyl (C=O) groups is 2. The van der Waals surface area contributed by atoms with Crippen LogP contribution in [0.5, 0.6) is 5.75 Å². The summed E-state index contributed by atoms with van der Waals surface area (Å²) in [4.78, 5) is 28.0. The second-order valence-electron chi connectivity index (χ2n) is 5.20. The summed E-state index contributed by atoms with van der Waals surface area (Å²) in [5.41, 5.74) is 0.802. The number of carbonyl (C=O) groups excluding carboxylic acids is 2. The Morgan fingerprint density at radius 3 is 2.65 bits per heavy atom. The molecule has 1 saturated carbocycles. The Kier molecular flexibility index (Phi) is 5.96. The van der Waals surface area contributed by atoms with E-state index in [0.29, 0.717) is 0 Å². The van der Waals surface area contributed by atoms with Crippen LogP contribution in [0.25, 0.3) is 0 Å². The molecule has 0 saturated heterocycles. The number of esters is 1. The number of oxime groups is 1. The summed E-state index contributed by atoms with van der Waals surface area (Å²) >= 11 is 0. The highest BCUT2D eigenvalue weighted by Crippen LogP contribution is 2.18. The molecule has 1 amide bonds. The first-order valence-corrected chi connectivity index (χ1v) is 7.37. The maximum Gasteiger partial charge on any atom is 0.347 e. The van der Waals surface area contributed by atoms with Gasteiger partial charge < -0.3 is 19.6 Å². The van der Waals surface area contributed by atoms with Gasteiger partial charge in [0.15, 0.2) is 6.10 Å². The molecule has 7 heteroatoms. The standard InChI is InChI=1S/C16H20N2O5/c1-11(16(20)18-13-5-6-13)23-15(19)10-22-17-9-12-3-7-14(21-2)8-4-12/h3-4,7-9,11,13H,5-6,10H2,1-2H3,(H,18,20)/b17-9-/t11-/m0/s1. The lowest BCUT2D eigenvalue weighted by Crippen LogP contribution is -2.37. The van der Waals surface area contributed by atoms with Gasteiger partial charge in [-0.1, -0.05) is 5.16 Å². The van der Waals surface area contributed by atoms with Gasteiger partial charge in [-0.2, -0.15) is 0 Å². The zero-order valence-electron chi connectivity index (χ0n) is 13.2. The lowest BCUT2D eigenvalue weighted by atomic mass is 10.2. The molecule has 1 aliphatic rings. The molecule has 0 aromatic heterocycles. The zero-order valence-corrected chi connectivity index (χ0v) is 13.2. The summed E-state index contributed by atoms with van der Waals surface area (Å²) in [6.45, 7) is 1.17. The summed E-state index contributed by atoms with van der Waals surface area (Å²) in [6, 6.07) is 7.41. The predicted molar refractivity (Wildman–Crippen MR) is 83.3 cm³/mol. The Morgan fingerprint density at radius 1 is 1.35 bits per heavy atom. The number of amides is 1. The maximum atomic E-state index is 11.6. The molecule has 23 heavy (non-hydrogen) atoms. The molecule has 0 bridgehead atoms. The van der Waals surface area contributed by atoms with Crippen molar-refractivity contribution in [2.24, 2.45) is 5.16 Å². The first-order valence-electron chi connectivity index (χ1n) is 7.37. The Labute approximate surface area is 134 Å². The predicted octanol–water partition coefficient (Wildman–Crippen LogP) is 1.26. The summed E-state index contributed by atoms with van der Waals surface area (Å²) in [5.74, 6) is -0.192. The molecule has 1 atom stereocenters. The Morgan fingerprint density at radius 2 is 2.04 bits per heavy atom. The van der Waals surface area contributed by atoms with E-state index in [1.165, 1.54) is 13.1 Å². The van der Waals surface area contributed by atoms with E-state index in [4.69, 9.17) is 14.3 Å². The molecule has 1 N–H and O–H groups in total. The third-order valence-corrected chi connectivity index (χ3v) is 3.18. The molecule has 1 aromatic rings. The first-order chi connectivity index (χ1) is 11.1. The molecule has 0 radical (unpaired) electrons. The van der Waals surface area contributed by atoms with Gasteiger partial charge in [0.25, 0.3) is 5.91 Å². The minimum absolute atomic E-state index is 0.231. The molecule has 1 aromatic carbocycles. The van der Waals surface area contributed by atoms with E-state index in [-0.39, 0.29) is 18.6 Å². The SMILES string of the molecule is COc1ccc(/C=N\OCC(=O)O[C@@H](C)C(=O)NC2CC2)cc1. The van der Waals surface area contributed by atoms with Crippen LogP contribution in [0.1, 0.15) is 25.3 Å². The number of ether oxygens (including phenoxy) is 2. The van der Waals surface area contributed by atoms with Crippen molar-refractivity contribution in [2.45, 2.75) is 31.9 Å². The number of rotatable bonds is 8. The minimum Gasteiger partial charge on any atom is -0.497 e. The number of hydrogen-bond donors (Lipinski definition) is 1. The third kappa shape index (κ3) is 5.98. The molecular weight excluding hydrogens is 300 g/mol. The number of benzene rings is 1. The van der Waals surface area contributed by atoms with Gasteiger partial charge in [0.2, 0.25) is 6.61 Å². The van der Waals surface area contributed by atoms with Gasteiger partial charge >= 0.3 is 5.97 Å². The fraction of sp³-hybridized carbons (Fsp3) is 0.438. The summed E-state index contributed by atoms with van der Waals surface area (Å²) in [5, 5.41) is 6.44. The van der Waals surface area contributed by atoms with E-state index in [9.17, 15) is 9.59 Å². The molecule has 124 valence electrons. The number of nitrogens with one attached hydrogen (secondary N) is 1. The van der Waals surface area contributed by atoms with Crippen molar-refractivity contribution < 1.29 is 23.9 Å². The van der Waals surface area contributed by atoms with Crippen LogP contribution < -0.4 is 10.1 Å². The van der Waals surface area contributed by atoms with Crippen LogP contribution in [0.4, 0.5) is 0 Å². The molecule has 2 rings (SSSR count). The smallest absolute Gasteiger partial charge is 0.347 e. The fourth-order valence-electron chi connectivity index (χ4n) is 1.71. The highest BCUT2D eigenvalue weighted by Gasteiger charge is 2.27. The van der Waals surface area contributed by atoms with Gasteiger partial charge in [-0.3, -0.25) is 4.79 Å². The van der Waals surface area contributed by atoms with Gasteiger partial charge in [0.05, 0.1) is 13.3 Å². The Hall–Kier alpha value is -2.57. The van der Waals surface area contributed by atoms with E-state index >= 15 is 0 Å². The highest BCUT2D eigenvalue weighted by molar-refractivity contribution is 5.84. The molecule has 0 aliphatic heterocycles. The number of hydrogen-bond acceptors (Lipinski definition) is 6. The van der Waals surface area contributed by atoms with Gasteiger partial charge in [-0.15, -0.1) is 0 Å². The van der Waals surface area contributed by atoms with Crippen molar-refractivity contribution in [3.05, 3.63) is 29.8 Å². The minimum atomic E-state index is -0.836. The zero-order chi connectivity index (χ0) is 16.7. The van der Waals surface area contributed by atoms with Crippen LogP contribution in [0.2, 0.25) is 0 Å². The van der Waals surface area contributed by atoms with Crippen molar-refractivity contribution in [2.75, 3.05) is 13.7 Å². The normalized spacial score (nSPS) is 15.0. The van der Waals surface area contributed by atoms with E-state index < -0.39 is 12.1 Å². The Balaban J connectivity index is 1.66. The van der Waals surface area contributed by atoms with Crippen LogP contribution in [-0.2, 0) is 19.2 Å². The largest absolute Gasteiger partial charge is 0.497 e. The lowest BCUT2D eigenvalue weighted by Gasteiger charge is -2.12. The van der Waals surface area contributed by atoms with E-state index in [0.717, 1.165) is 24.2 Å². The highest BCUT2D eigenvalue weighted by atomic mass is 16.7. The average molecular weight is 320 g/mol. The fourth-order valence-corrected chi connectivity index (χ4v) is 1.71. The van der Waals surface area contributed by atoms with Crippen LogP contribution in [0, 0.1) is 0 Å². The number of nitrogens with zero attached hydrogens (tertiary/aromatic N) is 1. The summed E-state index contributed by atoms with van der Waals surface area (Å²) < 4.78 is 10.00. The monoisotopic (exact) mass is 320 g/mol. The molecule has 1 fully saturated rings. The van der Waals surface area contributed by atoms with Crippen LogP contribution in [-0.4, -0.2) is 44.0 Å². The quantitative estimate of drug-likeness (QED) is 0.443. The molecule has 7 nitrogen and oxygen atoms in total. The molecule has 0 unspecified atom stereocenters. The van der Waals surface area contributed by atoms with Crippen molar-refractivity contribution >= 4 is 18.1 Å². The number of methoxy groups -OCH3 is 1. The van der Waals surface area contributed by atoms with E-state index in [1.807, 2.05) is 0 Å². The van der Waals surface area contributed by atoms with Crippen LogP contribution >= 0.6 is 0 Å². The molecule has 0 heterocycles. The molecular formula is C16H20N2O5. The van der Waals surface area contributed by atoms with Gasteiger partial charge in [-0.05, 0) is 49.6 Å².